The second-order valence-electron chi connectivity index (χ2n) is 3.37. The quantitative estimate of drug-likeness (QED) is 0.556. The fourth-order valence-electron chi connectivity index (χ4n) is 1.08. The predicted molar refractivity (Wildman–Crippen MR) is 52.1 cm³/mol. The van der Waals surface area contributed by atoms with Gasteiger partial charge in [0.2, 0.25) is 0 Å². The molecule has 3 heteroatoms. The van der Waals surface area contributed by atoms with Crippen molar-refractivity contribution in [1.82, 2.24) is 10.2 Å². The highest BCUT2D eigenvalue weighted by Gasteiger charge is 2.00. The summed E-state index contributed by atoms with van der Waals surface area (Å²) in [6.07, 6.45) is 1.10. The van der Waals surface area contributed by atoms with E-state index in [-0.39, 0.29) is 6.73 Å². The van der Waals surface area contributed by atoms with Gasteiger partial charge in [0.15, 0.2) is 0 Å². The Labute approximate surface area is 75.8 Å². The monoisotopic (exact) mass is 174 g/mol. The lowest BCUT2D eigenvalue weighted by molar-refractivity contribution is 0.107. The van der Waals surface area contributed by atoms with Gasteiger partial charge in [-0.25, -0.2) is 0 Å². The fourth-order valence-corrected chi connectivity index (χ4v) is 1.08. The van der Waals surface area contributed by atoms with Gasteiger partial charge in [0.1, 0.15) is 0 Å². The van der Waals surface area contributed by atoms with Crippen LogP contribution in [0.15, 0.2) is 0 Å². The maximum Gasteiger partial charge on any atom is 0.0956 e. The van der Waals surface area contributed by atoms with Crippen molar-refractivity contribution >= 4 is 0 Å². The molecule has 0 aliphatic rings. The first-order valence-corrected chi connectivity index (χ1v) is 4.77. The van der Waals surface area contributed by atoms with Gasteiger partial charge in [-0.15, -0.1) is 0 Å². The van der Waals surface area contributed by atoms with Crippen LogP contribution in [0.1, 0.15) is 27.2 Å². The zero-order valence-electron chi connectivity index (χ0n) is 8.51. The van der Waals surface area contributed by atoms with Crippen LogP contribution in [0.25, 0.3) is 0 Å². The van der Waals surface area contributed by atoms with Crippen LogP contribution in [-0.2, 0) is 0 Å². The van der Waals surface area contributed by atoms with E-state index in [1.54, 1.807) is 0 Å². The Balaban J connectivity index is 3.31. The van der Waals surface area contributed by atoms with E-state index in [2.05, 4.69) is 26.1 Å². The van der Waals surface area contributed by atoms with E-state index in [1.807, 2.05) is 4.90 Å². The lowest BCUT2D eigenvalue weighted by Gasteiger charge is -2.19. The number of aliphatic hydroxyl groups excluding tert-OH is 1. The van der Waals surface area contributed by atoms with Gasteiger partial charge in [-0.2, -0.15) is 0 Å². The second kappa shape index (κ2) is 7.53. The Kier molecular flexibility index (Phi) is 7.45. The highest BCUT2D eigenvalue weighted by Crippen LogP contribution is 1.88. The summed E-state index contributed by atoms with van der Waals surface area (Å²) in [5.41, 5.74) is 0. The first kappa shape index (κ1) is 11.9. The van der Waals surface area contributed by atoms with Crippen molar-refractivity contribution in [2.75, 3.05) is 26.4 Å². The van der Waals surface area contributed by atoms with Crippen LogP contribution >= 0.6 is 0 Å². The van der Waals surface area contributed by atoms with E-state index in [1.165, 1.54) is 0 Å². The summed E-state index contributed by atoms with van der Waals surface area (Å²) in [4.78, 5) is 2.04. The molecule has 0 aromatic rings. The van der Waals surface area contributed by atoms with Crippen molar-refractivity contribution in [1.29, 1.82) is 0 Å². The van der Waals surface area contributed by atoms with Crippen LogP contribution < -0.4 is 5.32 Å². The summed E-state index contributed by atoms with van der Waals surface area (Å²) in [7, 11) is 0. The number of nitrogens with zero attached hydrogens (tertiary/aromatic N) is 1. The molecule has 0 heterocycles. The summed E-state index contributed by atoms with van der Waals surface area (Å²) < 4.78 is 0. The predicted octanol–water partition coefficient (Wildman–Crippen LogP) is 0.646. The van der Waals surface area contributed by atoms with Crippen molar-refractivity contribution in [2.45, 2.75) is 33.2 Å². The normalized spacial score (nSPS) is 11.5. The average Bonchev–Trinajstić information content (AvgIpc) is 2.02. The number of hydrogen-bond acceptors (Lipinski definition) is 3. The van der Waals surface area contributed by atoms with Crippen molar-refractivity contribution in [3.05, 3.63) is 0 Å². The summed E-state index contributed by atoms with van der Waals surface area (Å²) in [5.74, 6) is 0. The minimum atomic E-state index is 0.174. The van der Waals surface area contributed by atoms with Gasteiger partial charge >= 0.3 is 0 Å². The molecule has 3 nitrogen and oxygen atoms in total. The summed E-state index contributed by atoms with van der Waals surface area (Å²) in [5, 5.41) is 12.2. The van der Waals surface area contributed by atoms with Gasteiger partial charge in [-0.1, -0.05) is 20.8 Å². The number of hydrogen-bond donors (Lipinski definition) is 2. The number of aliphatic hydroxyl groups is 1. The lowest BCUT2D eigenvalue weighted by Crippen LogP contribution is -2.35. The molecule has 0 bridgehead atoms. The SMILES string of the molecule is CCCN(CO)CCNC(C)C. The Hall–Kier alpha value is -0.120. The molecule has 12 heavy (non-hydrogen) atoms. The zero-order chi connectivity index (χ0) is 9.40. The standard InChI is InChI=1S/C9H22N2O/c1-4-6-11(8-12)7-5-10-9(2)3/h9-10,12H,4-8H2,1-3H3. The fraction of sp³-hybridized carbons (Fsp3) is 1.00. The van der Waals surface area contributed by atoms with Crippen molar-refractivity contribution in [3.63, 3.8) is 0 Å². The molecule has 0 fully saturated rings. The Morgan fingerprint density at radius 2 is 2.00 bits per heavy atom. The molecule has 0 aromatic heterocycles. The van der Waals surface area contributed by atoms with Gasteiger partial charge in [0.05, 0.1) is 6.73 Å². The van der Waals surface area contributed by atoms with Gasteiger partial charge in [-0.05, 0) is 6.42 Å². The van der Waals surface area contributed by atoms with Crippen LogP contribution in [-0.4, -0.2) is 42.4 Å². The minimum absolute atomic E-state index is 0.174. The third-order valence-electron chi connectivity index (χ3n) is 1.72. The Morgan fingerprint density at radius 3 is 2.42 bits per heavy atom. The summed E-state index contributed by atoms with van der Waals surface area (Å²) >= 11 is 0. The largest absolute Gasteiger partial charge is 0.381 e. The van der Waals surface area contributed by atoms with E-state index < -0.39 is 0 Å². The molecule has 0 amide bonds. The first-order valence-electron chi connectivity index (χ1n) is 4.77. The van der Waals surface area contributed by atoms with E-state index in [4.69, 9.17) is 5.11 Å². The van der Waals surface area contributed by atoms with Gasteiger partial charge < -0.3 is 10.4 Å². The first-order chi connectivity index (χ1) is 5.70. The van der Waals surface area contributed by atoms with Crippen molar-refractivity contribution < 1.29 is 5.11 Å². The van der Waals surface area contributed by atoms with Crippen LogP contribution in [0.5, 0.6) is 0 Å². The molecular weight excluding hydrogens is 152 g/mol. The van der Waals surface area contributed by atoms with E-state index in [0.29, 0.717) is 6.04 Å². The van der Waals surface area contributed by atoms with Crippen LogP contribution in [0.2, 0.25) is 0 Å². The second-order valence-corrected chi connectivity index (χ2v) is 3.37. The zero-order valence-corrected chi connectivity index (χ0v) is 8.51. The van der Waals surface area contributed by atoms with Crippen LogP contribution in [0.4, 0.5) is 0 Å². The van der Waals surface area contributed by atoms with Crippen LogP contribution in [0.3, 0.4) is 0 Å². The maximum atomic E-state index is 8.92. The molecule has 0 atom stereocenters. The van der Waals surface area contributed by atoms with Crippen LogP contribution in [0, 0.1) is 0 Å². The molecule has 0 saturated carbocycles. The van der Waals surface area contributed by atoms with E-state index in [0.717, 1.165) is 26.1 Å². The number of nitrogens with one attached hydrogen (secondary N) is 1. The third-order valence-corrected chi connectivity index (χ3v) is 1.72. The molecule has 0 saturated heterocycles. The molecule has 0 unspecified atom stereocenters. The van der Waals surface area contributed by atoms with E-state index >= 15 is 0 Å². The van der Waals surface area contributed by atoms with Crippen molar-refractivity contribution in [3.8, 4) is 0 Å². The third kappa shape index (κ3) is 6.58. The topological polar surface area (TPSA) is 35.5 Å². The Bertz CT molecular complexity index is 96.5. The molecule has 0 spiro atoms. The molecule has 0 aliphatic carbocycles. The van der Waals surface area contributed by atoms with Gasteiger partial charge in [0, 0.05) is 25.7 Å². The molecule has 0 radical (unpaired) electrons. The highest BCUT2D eigenvalue weighted by atomic mass is 16.3. The molecule has 0 aliphatic heterocycles. The van der Waals surface area contributed by atoms with Gasteiger partial charge in [0.25, 0.3) is 0 Å². The molecule has 0 aromatic carbocycles. The molecular formula is C9H22N2O. The summed E-state index contributed by atoms with van der Waals surface area (Å²) in [6, 6.07) is 0.534. The maximum absolute atomic E-state index is 8.92. The average molecular weight is 174 g/mol. The highest BCUT2D eigenvalue weighted by molar-refractivity contribution is 4.57. The minimum Gasteiger partial charge on any atom is -0.381 e. The number of rotatable bonds is 7. The van der Waals surface area contributed by atoms with E-state index in [9.17, 15) is 0 Å². The van der Waals surface area contributed by atoms with Gasteiger partial charge in [-0.3, -0.25) is 4.90 Å². The summed E-state index contributed by atoms with van der Waals surface area (Å²) in [6.45, 7) is 9.43. The molecule has 2 N–H and O–H groups in total. The Morgan fingerprint density at radius 1 is 1.33 bits per heavy atom. The smallest absolute Gasteiger partial charge is 0.0956 e. The lowest BCUT2D eigenvalue weighted by atomic mass is 10.4. The van der Waals surface area contributed by atoms with Crippen molar-refractivity contribution in [2.24, 2.45) is 0 Å². The molecule has 74 valence electrons. The molecule has 0 rings (SSSR count).